The van der Waals surface area contributed by atoms with Gasteiger partial charge in [-0.1, -0.05) is 24.3 Å². The van der Waals surface area contributed by atoms with Crippen molar-refractivity contribution in [3.05, 3.63) is 81.0 Å². The van der Waals surface area contributed by atoms with Crippen LogP contribution in [0.4, 0.5) is 4.39 Å². The number of rotatable bonds is 6. The average molecular weight is 410 g/mol. The van der Waals surface area contributed by atoms with Gasteiger partial charge < -0.3 is 14.5 Å². The lowest BCUT2D eigenvalue weighted by atomic mass is 10.0. The van der Waals surface area contributed by atoms with Gasteiger partial charge in [-0.15, -0.1) is 0 Å². The number of nitrogens with zero attached hydrogens (tertiary/aromatic N) is 1. The molecule has 6 heteroatoms. The molecule has 0 unspecified atom stereocenters. The van der Waals surface area contributed by atoms with Crippen molar-refractivity contribution >= 4 is 11.0 Å². The lowest BCUT2D eigenvalue weighted by Gasteiger charge is -2.35. The summed E-state index contributed by atoms with van der Waals surface area (Å²) >= 11 is 0. The zero-order chi connectivity index (χ0) is 21.1. The van der Waals surface area contributed by atoms with Crippen LogP contribution >= 0.6 is 0 Å². The first kappa shape index (κ1) is 20.7. The van der Waals surface area contributed by atoms with Gasteiger partial charge in [0, 0.05) is 43.7 Å². The Morgan fingerprint density at radius 2 is 1.83 bits per heavy atom. The summed E-state index contributed by atoms with van der Waals surface area (Å²) in [5, 5.41) is 4.46. The molecule has 1 aliphatic rings. The summed E-state index contributed by atoms with van der Waals surface area (Å²) in [4.78, 5) is 14.5. The fourth-order valence-electron chi connectivity index (χ4n) is 4.05. The third-order valence-electron chi connectivity index (χ3n) is 5.91. The van der Waals surface area contributed by atoms with Crippen molar-refractivity contribution in [3.63, 3.8) is 0 Å². The first-order chi connectivity index (χ1) is 14.5. The highest BCUT2D eigenvalue weighted by Gasteiger charge is 2.22. The van der Waals surface area contributed by atoms with Crippen LogP contribution in [0.15, 0.2) is 51.7 Å². The normalized spacial score (nSPS) is 16.1. The predicted molar refractivity (Wildman–Crippen MR) is 115 cm³/mol. The highest BCUT2D eigenvalue weighted by Crippen LogP contribution is 2.24. The molecule has 5 nitrogen and oxygen atoms in total. The number of nitrogens with one attached hydrogen (secondary N) is 1. The maximum absolute atomic E-state index is 13.4. The number of halogens is 1. The van der Waals surface area contributed by atoms with Gasteiger partial charge in [0.05, 0.1) is 13.2 Å². The number of benzene rings is 2. The van der Waals surface area contributed by atoms with Crippen molar-refractivity contribution in [2.45, 2.75) is 26.4 Å². The Morgan fingerprint density at radius 3 is 2.57 bits per heavy atom. The number of hydrogen-bond acceptors (Lipinski definition) is 5. The smallest absolute Gasteiger partial charge is 0.336 e. The van der Waals surface area contributed by atoms with Crippen LogP contribution in [0, 0.1) is 19.7 Å². The second kappa shape index (κ2) is 9.08. The molecule has 158 valence electrons. The molecule has 0 spiro atoms. The van der Waals surface area contributed by atoms with E-state index < -0.39 is 0 Å². The Balaban J connectivity index is 1.55. The molecule has 1 aromatic heterocycles. The number of fused-ring (bicyclic) bond motifs is 1. The third kappa shape index (κ3) is 4.46. The van der Waals surface area contributed by atoms with Gasteiger partial charge >= 0.3 is 5.63 Å². The van der Waals surface area contributed by atoms with E-state index >= 15 is 0 Å². The Labute approximate surface area is 175 Å². The second-order valence-corrected chi connectivity index (χ2v) is 7.82. The first-order valence-electron chi connectivity index (χ1n) is 10.3. The predicted octanol–water partition coefficient (Wildman–Crippen LogP) is 3.71. The van der Waals surface area contributed by atoms with Crippen molar-refractivity contribution in [2.75, 3.05) is 32.8 Å². The molecule has 1 N–H and O–H groups in total. The molecule has 4 rings (SSSR count). The van der Waals surface area contributed by atoms with Crippen molar-refractivity contribution < 1.29 is 13.5 Å². The van der Waals surface area contributed by atoms with E-state index in [1.54, 1.807) is 6.07 Å². The van der Waals surface area contributed by atoms with Gasteiger partial charge in [0.2, 0.25) is 0 Å². The summed E-state index contributed by atoms with van der Waals surface area (Å²) in [5.74, 6) is -0.236. The molecule has 0 bridgehead atoms. The van der Waals surface area contributed by atoms with E-state index in [4.69, 9.17) is 9.15 Å². The van der Waals surface area contributed by atoms with E-state index in [-0.39, 0.29) is 17.5 Å². The summed E-state index contributed by atoms with van der Waals surface area (Å²) in [5.41, 5.74) is 4.39. The van der Waals surface area contributed by atoms with Gasteiger partial charge in [-0.3, -0.25) is 4.90 Å². The van der Waals surface area contributed by atoms with Gasteiger partial charge in [0.15, 0.2) is 0 Å². The van der Waals surface area contributed by atoms with Crippen LogP contribution in [-0.2, 0) is 11.3 Å². The number of ether oxygens (including phenoxy) is 1. The Kier molecular flexibility index (Phi) is 6.27. The van der Waals surface area contributed by atoms with E-state index in [0.29, 0.717) is 31.9 Å². The summed E-state index contributed by atoms with van der Waals surface area (Å²) < 4.78 is 24.4. The fourth-order valence-corrected chi connectivity index (χ4v) is 4.05. The maximum Gasteiger partial charge on any atom is 0.336 e. The van der Waals surface area contributed by atoms with E-state index in [2.05, 4.69) is 16.3 Å². The van der Waals surface area contributed by atoms with Crippen LogP contribution in [0.25, 0.3) is 11.0 Å². The zero-order valence-electron chi connectivity index (χ0n) is 17.4. The van der Waals surface area contributed by atoms with Gasteiger partial charge in [-0.2, -0.15) is 0 Å². The molecule has 3 aromatic rings. The SMILES string of the molecule is Cc1ccc2c(CNC[C@@H](c3ccc(F)cc3)N3CCOCC3)cc(=O)oc2c1C. The molecule has 2 aromatic carbocycles. The highest BCUT2D eigenvalue weighted by molar-refractivity contribution is 5.83. The molecule has 2 heterocycles. The Morgan fingerprint density at radius 1 is 1.10 bits per heavy atom. The molecule has 0 radical (unpaired) electrons. The quantitative estimate of drug-likeness (QED) is 0.628. The Bertz CT molecular complexity index is 1070. The number of aryl methyl sites for hydroxylation is 2. The molecule has 0 amide bonds. The Hall–Kier alpha value is -2.54. The first-order valence-corrected chi connectivity index (χ1v) is 10.3. The summed E-state index contributed by atoms with van der Waals surface area (Å²) in [6, 6.07) is 12.4. The highest BCUT2D eigenvalue weighted by atomic mass is 19.1. The molecule has 1 saturated heterocycles. The van der Waals surface area contributed by atoms with Gasteiger partial charge in [-0.25, -0.2) is 9.18 Å². The minimum Gasteiger partial charge on any atom is -0.422 e. The van der Waals surface area contributed by atoms with Gasteiger partial charge in [-0.05, 0) is 48.2 Å². The van der Waals surface area contributed by atoms with E-state index in [9.17, 15) is 9.18 Å². The van der Waals surface area contributed by atoms with E-state index in [1.807, 2.05) is 32.0 Å². The minimum absolute atomic E-state index is 0.102. The zero-order valence-corrected chi connectivity index (χ0v) is 17.4. The number of hydrogen-bond donors (Lipinski definition) is 1. The van der Waals surface area contributed by atoms with Crippen LogP contribution < -0.4 is 10.9 Å². The van der Waals surface area contributed by atoms with Crippen LogP contribution in [0.2, 0.25) is 0 Å². The molecule has 1 aliphatic heterocycles. The van der Waals surface area contributed by atoms with Gasteiger partial charge in [0.25, 0.3) is 0 Å². The largest absolute Gasteiger partial charge is 0.422 e. The molecule has 1 atom stereocenters. The monoisotopic (exact) mass is 410 g/mol. The lowest BCUT2D eigenvalue weighted by Crippen LogP contribution is -2.42. The molecule has 0 saturated carbocycles. The van der Waals surface area contributed by atoms with Crippen molar-refractivity contribution in [1.82, 2.24) is 10.2 Å². The average Bonchev–Trinajstić information content (AvgIpc) is 2.75. The standard InChI is InChI=1S/C24H27FN2O3/c1-16-3-8-21-19(13-23(28)30-24(21)17(16)2)14-26-15-22(27-9-11-29-12-10-27)18-4-6-20(25)7-5-18/h3-8,13,22,26H,9-12,14-15H2,1-2H3/t22-/m0/s1. The van der Waals surface area contributed by atoms with Gasteiger partial charge in [0.1, 0.15) is 11.4 Å². The van der Waals surface area contributed by atoms with Crippen LogP contribution in [0.3, 0.4) is 0 Å². The maximum atomic E-state index is 13.4. The topological polar surface area (TPSA) is 54.7 Å². The molecule has 0 aliphatic carbocycles. The van der Waals surface area contributed by atoms with Crippen molar-refractivity contribution in [1.29, 1.82) is 0 Å². The van der Waals surface area contributed by atoms with Crippen molar-refractivity contribution in [2.24, 2.45) is 0 Å². The summed E-state index contributed by atoms with van der Waals surface area (Å²) in [6.07, 6.45) is 0. The van der Waals surface area contributed by atoms with Crippen LogP contribution in [0.5, 0.6) is 0 Å². The second-order valence-electron chi connectivity index (χ2n) is 7.82. The third-order valence-corrected chi connectivity index (χ3v) is 5.91. The van der Waals surface area contributed by atoms with E-state index in [1.165, 1.54) is 12.1 Å². The fraction of sp³-hybridized carbons (Fsp3) is 0.375. The molecular formula is C24H27FN2O3. The lowest BCUT2D eigenvalue weighted by molar-refractivity contribution is 0.0161. The van der Waals surface area contributed by atoms with Crippen LogP contribution in [-0.4, -0.2) is 37.7 Å². The molecular weight excluding hydrogens is 383 g/mol. The van der Waals surface area contributed by atoms with Crippen molar-refractivity contribution in [3.8, 4) is 0 Å². The molecule has 30 heavy (non-hydrogen) atoms. The van der Waals surface area contributed by atoms with Crippen LogP contribution in [0.1, 0.15) is 28.3 Å². The number of morpholine rings is 1. The molecule has 1 fully saturated rings. The summed E-state index contributed by atoms with van der Waals surface area (Å²) in [6.45, 7) is 8.27. The minimum atomic E-state index is -0.337. The van der Waals surface area contributed by atoms with E-state index in [0.717, 1.165) is 40.7 Å². The summed E-state index contributed by atoms with van der Waals surface area (Å²) in [7, 11) is 0.